The minimum absolute atomic E-state index is 0.502. The largest absolute Gasteiger partial charge is 0.315 e. The van der Waals surface area contributed by atoms with Gasteiger partial charge in [0.05, 0.1) is 0 Å². The van der Waals surface area contributed by atoms with Crippen molar-refractivity contribution in [2.24, 2.45) is 0 Å². The van der Waals surface area contributed by atoms with E-state index in [1.807, 2.05) is 0 Å². The van der Waals surface area contributed by atoms with Crippen LogP contribution >= 0.6 is 22.6 Å². The molecule has 2 nitrogen and oxygen atoms in total. The third-order valence-electron chi connectivity index (χ3n) is 3.57. The van der Waals surface area contributed by atoms with Crippen molar-refractivity contribution in [1.82, 2.24) is 10.2 Å². The summed E-state index contributed by atoms with van der Waals surface area (Å²) in [5, 5.41) is 3.43. The standard InChI is InChI=1S/C13H19IN2/c1-10(11-3-5-12(14)6-4-11)16(2)13-7-8-15-9-13/h3-6,10,13,15H,7-9H2,1-2H3. The number of likely N-dealkylation sites (N-methyl/N-ethyl adjacent to an activating group) is 1. The summed E-state index contributed by atoms with van der Waals surface area (Å²) < 4.78 is 1.30. The smallest absolute Gasteiger partial charge is 0.0320 e. The highest BCUT2D eigenvalue weighted by Crippen LogP contribution is 2.23. The van der Waals surface area contributed by atoms with Crippen molar-refractivity contribution < 1.29 is 0 Å². The molecule has 2 rings (SSSR count). The van der Waals surface area contributed by atoms with Crippen molar-refractivity contribution in [3.63, 3.8) is 0 Å². The molecular weight excluding hydrogens is 311 g/mol. The lowest BCUT2D eigenvalue weighted by Crippen LogP contribution is -2.35. The zero-order chi connectivity index (χ0) is 11.5. The van der Waals surface area contributed by atoms with Gasteiger partial charge in [-0.3, -0.25) is 4.90 Å². The molecule has 1 saturated heterocycles. The summed E-state index contributed by atoms with van der Waals surface area (Å²) in [6, 6.07) is 10.0. The first-order chi connectivity index (χ1) is 7.68. The third-order valence-corrected chi connectivity index (χ3v) is 4.29. The molecule has 0 saturated carbocycles. The minimum Gasteiger partial charge on any atom is -0.315 e. The number of rotatable bonds is 3. The fourth-order valence-corrected chi connectivity index (χ4v) is 2.64. The summed E-state index contributed by atoms with van der Waals surface area (Å²) in [5.74, 6) is 0. The van der Waals surface area contributed by atoms with Gasteiger partial charge in [0, 0.05) is 22.2 Å². The van der Waals surface area contributed by atoms with Crippen LogP contribution < -0.4 is 5.32 Å². The summed E-state index contributed by atoms with van der Waals surface area (Å²) in [6.07, 6.45) is 1.27. The van der Waals surface area contributed by atoms with Gasteiger partial charge in [0.25, 0.3) is 0 Å². The second kappa shape index (κ2) is 5.47. The number of benzene rings is 1. The Labute approximate surface area is 112 Å². The average Bonchev–Trinajstić information content (AvgIpc) is 2.81. The molecule has 1 heterocycles. The third kappa shape index (κ3) is 2.76. The van der Waals surface area contributed by atoms with E-state index in [-0.39, 0.29) is 0 Å². The van der Waals surface area contributed by atoms with Gasteiger partial charge in [0.2, 0.25) is 0 Å². The highest BCUT2D eigenvalue weighted by Gasteiger charge is 2.23. The van der Waals surface area contributed by atoms with Crippen LogP contribution in [0.25, 0.3) is 0 Å². The maximum atomic E-state index is 3.43. The van der Waals surface area contributed by atoms with Crippen LogP contribution in [0.4, 0.5) is 0 Å². The average molecular weight is 330 g/mol. The first-order valence-corrected chi connectivity index (χ1v) is 6.94. The predicted molar refractivity (Wildman–Crippen MR) is 76.6 cm³/mol. The van der Waals surface area contributed by atoms with Crippen LogP contribution in [0, 0.1) is 3.57 Å². The lowest BCUT2D eigenvalue weighted by molar-refractivity contribution is 0.197. The maximum absolute atomic E-state index is 3.43. The van der Waals surface area contributed by atoms with Crippen molar-refractivity contribution >= 4 is 22.6 Å². The van der Waals surface area contributed by atoms with Crippen LogP contribution in [0.5, 0.6) is 0 Å². The van der Waals surface area contributed by atoms with Gasteiger partial charge in [-0.05, 0) is 67.2 Å². The molecule has 1 N–H and O–H groups in total. The van der Waals surface area contributed by atoms with Gasteiger partial charge in [-0.15, -0.1) is 0 Å². The summed E-state index contributed by atoms with van der Waals surface area (Å²) in [4.78, 5) is 2.49. The molecule has 1 aliphatic rings. The molecule has 0 radical (unpaired) electrons. The van der Waals surface area contributed by atoms with Gasteiger partial charge in [-0.25, -0.2) is 0 Å². The number of halogens is 1. The quantitative estimate of drug-likeness (QED) is 0.858. The van der Waals surface area contributed by atoms with Crippen LogP contribution in [0.1, 0.15) is 24.9 Å². The second-order valence-electron chi connectivity index (χ2n) is 4.54. The van der Waals surface area contributed by atoms with Gasteiger partial charge >= 0.3 is 0 Å². The van der Waals surface area contributed by atoms with Crippen LogP contribution in [0.15, 0.2) is 24.3 Å². The Bertz CT molecular complexity index is 330. The highest BCUT2D eigenvalue weighted by molar-refractivity contribution is 14.1. The first kappa shape index (κ1) is 12.3. The predicted octanol–water partition coefficient (Wildman–Crippen LogP) is 2.65. The molecule has 1 aromatic rings. The number of nitrogens with one attached hydrogen (secondary N) is 1. The first-order valence-electron chi connectivity index (χ1n) is 5.86. The maximum Gasteiger partial charge on any atom is 0.0320 e. The molecule has 1 aliphatic heterocycles. The molecule has 3 heteroatoms. The summed E-state index contributed by atoms with van der Waals surface area (Å²) in [6.45, 7) is 4.58. The lowest BCUT2D eigenvalue weighted by atomic mass is 10.1. The van der Waals surface area contributed by atoms with E-state index < -0.39 is 0 Å². The van der Waals surface area contributed by atoms with Crippen LogP contribution in [-0.2, 0) is 0 Å². The van der Waals surface area contributed by atoms with E-state index in [1.54, 1.807) is 0 Å². The van der Waals surface area contributed by atoms with E-state index in [9.17, 15) is 0 Å². The molecule has 1 fully saturated rings. The Morgan fingerprint density at radius 3 is 2.62 bits per heavy atom. The van der Waals surface area contributed by atoms with Crippen molar-refractivity contribution in [3.8, 4) is 0 Å². The summed E-state index contributed by atoms with van der Waals surface area (Å²) in [5.41, 5.74) is 1.41. The van der Waals surface area contributed by atoms with Crippen molar-refractivity contribution in [2.45, 2.75) is 25.4 Å². The van der Waals surface area contributed by atoms with E-state index in [0.717, 1.165) is 13.1 Å². The summed E-state index contributed by atoms with van der Waals surface area (Å²) >= 11 is 2.35. The fourth-order valence-electron chi connectivity index (χ4n) is 2.28. The molecule has 0 bridgehead atoms. The molecule has 1 aromatic carbocycles. The fraction of sp³-hybridized carbons (Fsp3) is 0.538. The van der Waals surface area contributed by atoms with E-state index in [2.05, 4.69) is 71.0 Å². The van der Waals surface area contributed by atoms with Crippen molar-refractivity contribution in [3.05, 3.63) is 33.4 Å². The SMILES string of the molecule is CC(c1ccc(I)cc1)N(C)C1CCNC1. The zero-order valence-corrected chi connectivity index (χ0v) is 12.1. The molecule has 2 unspecified atom stereocenters. The molecule has 16 heavy (non-hydrogen) atoms. The van der Waals surface area contributed by atoms with Gasteiger partial charge < -0.3 is 5.32 Å². The molecule has 88 valence electrons. The van der Waals surface area contributed by atoms with Crippen LogP contribution in [0.2, 0.25) is 0 Å². The molecule has 0 aromatic heterocycles. The van der Waals surface area contributed by atoms with Gasteiger partial charge in [0.15, 0.2) is 0 Å². The zero-order valence-electron chi connectivity index (χ0n) is 9.91. The second-order valence-corrected chi connectivity index (χ2v) is 5.79. The Kier molecular flexibility index (Phi) is 4.21. The Hall–Kier alpha value is -0.130. The molecule has 0 amide bonds. The minimum atomic E-state index is 0.502. The Morgan fingerprint density at radius 1 is 1.38 bits per heavy atom. The van der Waals surface area contributed by atoms with Crippen molar-refractivity contribution in [1.29, 1.82) is 0 Å². The monoisotopic (exact) mass is 330 g/mol. The Balaban J connectivity index is 2.05. The van der Waals surface area contributed by atoms with Gasteiger partial charge in [-0.1, -0.05) is 12.1 Å². The highest BCUT2D eigenvalue weighted by atomic mass is 127. The van der Waals surface area contributed by atoms with Crippen LogP contribution in [-0.4, -0.2) is 31.1 Å². The summed E-state index contributed by atoms with van der Waals surface area (Å²) in [7, 11) is 2.24. The number of hydrogen-bond acceptors (Lipinski definition) is 2. The molecule has 2 atom stereocenters. The lowest BCUT2D eigenvalue weighted by Gasteiger charge is -2.30. The van der Waals surface area contributed by atoms with E-state index >= 15 is 0 Å². The van der Waals surface area contributed by atoms with Gasteiger partial charge in [0.1, 0.15) is 0 Å². The van der Waals surface area contributed by atoms with Crippen molar-refractivity contribution in [2.75, 3.05) is 20.1 Å². The van der Waals surface area contributed by atoms with E-state index in [4.69, 9.17) is 0 Å². The molecular formula is C13H19IN2. The number of nitrogens with zero attached hydrogens (tertiary/aromatic N) is 1. The molecule has 0 spiro atoms. The van der Waals surface area contributed by atoms with E-state index in [0.29, 0.717) is 12.1 Å². The molecule has 0 aliphatic carbocycles. The van der Waals surface area contributed by atoms with Gasteiger partial charge in [-0.2, -0.15) is 0 Å². The Morgan fingerprint density at radius 2 is 2.06 bits per heavy atom. The topological polar surface area (TPSA) is 15.3 Å². The van der Waals surface area contributed by atoms with Crippen LogP contribution in [0.3, 0.4) is 0 Å². The normalized spacial score (nSPS) is 22.6. The number of hydrogen-bond donors (Lipinski definition) is 1. The van der Waals surface area contributed by atoms with E-state index in [1.165, 1.54) is 15.6 Å².